The number of ether oxygens (including phenoxy) is 2. The van der Waals surface area contributed by atoms with Gasteiger partial charge in [0.25, 0.3) is 0 Å². The summed E-state index contributed by atoms with van der Waals surface area (Å²) in [5.41, 5.74) is 7.68. The van der Waals surface area contributed by atoms with Gasteiger partial charge in [-0.2, -0.15) is 0 Å². The Morgan fingerprint density at radius 2 is 2.31 bits per heavy atom. The lowest BCUT2D eigenvalue weighted by Crippen LogP contribution is -2.12. The molecule has 0 bridgehead atoms. The maximum atomic E-state index is 6.24. The molecule has 0 aliphatic carbocycles. The summed E-state index contributed by atoms with van der Waals surface area (Å²) in [6.07, 6.45) is 0.926. The minimum Gasteiger partial charge on any atom is -0.467 e. The van der Waals surface area contributed by atoms with Crippen LogP contribution < -0.4 is 10.5 Å². The van der Waals surface area contributed by atoms with Crippen LogP contribution in [0.4, 0.5) is 0 Å². The molecule has 88 valence electrons. The van der Waals surface area contributed by atoms with E-state index in [2.05, 4.69) is 6.92 Å². The topological polar surface area (TPSA) is 44.5 Å². The number of hydrogen-bond donors (Lipinski definition) is 1. The number of nitrogens with two attached hydrogens (primary N) is 1. The summed E-state index contributed by atoms with van der Waals surface area (Å²) >= 11 is 6.24. The second kappa shape index (κ2) is 5.04. The summed E-state index contributed by atoms with van der Waals surface area (Å²) < 4.78 is 10.6. The van der Waals surface area contributed by atoms with E-state index < -0.39 is 0 Å². The maximum Gasteiger partial charge on any atom is 0.189 e. The van der Waals surface area contributed by atoms with E-state index in [4.69, 9.17) is 26.8 Å². The maximum absolute atomic E-state index is 6.24. The van der Waals surface area contributed by atoms with Gasteiger partial charge in [0.1, 0.15) is 5.75 Å². The minimum atomic E-state index is 0.319. The van der Waals surface area contributed by atoms with Gasteiger partial charge in [-0.15, -0.1) is 0 Å². The van der Waals surface area contributed by atoms with E-state index in [0.717, 1.165) is 28.3 Å². The molecule has 0 saturated carbocycles. The van der Waals surface area contributed by atoms with E-state index in [1.807, 2.05) is 12.1 Å². The van der Waals surface area contributed by atoms with Crippen LogP contribution in [0.3, 0.4) is 0 Å². The van der Waals surface area contributed by atoms with E-state index in [-0.39, 0.29) is 0 Å². The summed E-state index contributed by atoms with van der Waals surface area (Å²) in [5.74, 6) is 1.24. The van der Waals surface area contributed by atoms with Crippen molar-refractivity contribution in [3.05, 3.63) is 28.3 Å². The standard InChI is InChI=1S/C12H16ClNO2/c1-8(2-3-14)10-5-12-9(4-11(10)13)6-15-7-16-12/h4-5,8H,2-3,6-7,14H2,1H3. The minimum absolute atomic E-state index is 0.319. The lowest BCUT2D eigenvalue weighted by molar-refractivity contribution is -0.0164. The first-order valence-corrected chi connectivity index (χ1v) is 5.83. The first-order valence-electron chi connectivity index (χ1n) is 5.45. The van der Waals surface area contributed by atoms with Crippen LogP contribution in [-0.4, -0.2) is 13.3 Å². The van der Waals surface area contributed by atoms with Gasteiger partial charge in [-0.25, -0.2) is 0 Å². The predicted molar refractivity (Wildman–Crippen MR) is 63.8 cm³/mol. The van der Waals surface area contributed by atoms with E-state index in [1.54, 1.807) is 0 Å². The van der Waals surface area contributed by atoms with Gasteiger partial charge in [-0.3, -0.25) is 0 Å². The molecule has 1 aromatic carbocycles. The average Bonchev–Trinajstić information content (AvgIpc) is 2.28. The summed E-state index contributed by atoms with van der Waals surface area (Å²) in [7, 11) is 0. The molecule has 1 aromatic rings. The van der Waals surface area contributed by atoms with Gasteiger partial charge in [0, 0.05) is 10.6 Å². The Morgan fingerprint density at radius 1 is 1.50 bits per heavy atom. The lowest BCUT2D eigenvalue weighted by atomic mass is 9.96. The smallest absolute Gasteiger partial charge is 0.189 e. The zero-order valence-electron chi connectivity index (χ0n) is 9.33. The van der Waals surface area contributed by atoms with Gasteiger partial charge in [0.05, 0.1) is 6.61 Å². The molecule has 1 unspecified atom stereocenters. The Kier molecular flexibility index (Phi) is 3.69. The largest absolute Gasteiger partial charge is 0.467 e. The van der Waals surface area contributed by atoms with Crippen molar-refractivity contribution in [1.82, 2.24) is 0 Å². The zero-order chi connectivity index (χ0) is 11.5. The zero-order valence-corrected chi connectivity index (χ0v) is 10.1. The SMILES string of the molecule is CC(CCN)c1cc2c(cc1Cl)COCO2. The fraction of sp³-hybridized carbons (Fsp3) is 0.500. The molecular weight excluding hydrogens is 226 g/mol. The van der Waals surface area contributed by atoms with Crippen LogP contribution in [-0.2, 0) is 11.3 Å². The molecular formula is C12H16ClNO2. The molecule has 3 nitrogen and oxygen atoms in total. The van der Waals surface area contributed by atoms with Gasteiger partial charge in [0.2, 0.25) is 0 Å². The molecule has 0 aromatic heterocycles. The third kappa shape index (κ3) is 2.32. The molecule has 0 radical (unpaired) electrons. The van der Waals surface area contributed by atoms with Crippen molar-refractivity contribution in [2.24, 2.45) is 5.73 Å². The highest BCUT2D eigenvalue weighted by Crippen LogP contribution is 2.34. The van der Waals surface area contributed by atoms with Crippen molar-refractivity contribution >= 4 is 11.6 Å². The highest BCUT2D eigenvalue weighted by atomic mass is 35.5. The molecule has 1 atom stereocenters. The fourth-order valence-corrected chi connectivity index (χ4v) is 2.27. The third-order valence-electron chi connectivity index (χ3n) is 2.87. The molecule has 4 heteroatoms. The van der Waals surface area contributed by atoms with Crippen LogP contribution in [0.15, 0.2) is 12.1 Å². The van der Waals surface area contributed by atoms with Crippen LogP contribution in [0, 0.1) is 0 Å². The molecule has 2 N–H and O–H groups in total. The van der Waals surface area contributed by atoms with Crippen LogP contribution in [0.25, 0.3) is 0 Å². The van der Waals surface area contributed by atoms with Crippen molar-refractivity contribution in [2.75, 3.05) is 13.3 Å². The van der Waals surface area contributed by atoms with Crippen molar-refractivity contribution in [2.45, 2.75) is 25.9 Å². The molecule has 0 saturated heterocycles. The third-order valence-corrected chi connectivity index (χ3v) is 3.19. The first kappa shape index (κ1) is 11.7. The summed E-state index contributed by atoms with van der Waals surface area (Å²) in [5, 5.41) is 0.772. The molecule has 2 rings (SSSR count). The number of fused-ring (bicyclic) bond motifs is 1. The number of benzene rings is 1. The molecule has 0 amide bonds. The predicted octanol–water partition coefficient (Wildman–Crippen LogP) is 2.66. The van der Waals surface area contributed by atoms with Gasteiger partial charge < -0.3 is 15.2 Å². The summed E-state index contributed by atoms with van der Waals surface area (Å²) in [6, 6.07) is 3.94. The summed E-state index contributed by atoms with van der Waals surface area (Å²) in [6.45, 7) is 3.68. The average molecular weight is 242 g/mol. The Labute approximate surface area is 100 Å². The monoisotopic (exact) mass is 241 g/mol. The molecule has 1 heterocycles. The van der Waals surface area contributed by atoms with Gasteiger partial charge in [-0.05, 0) is 36.6 Å². The Balaban J connectivity index is 2.31. The summed E-state index contributed by atoms with van der Waals surface area (Å²) in [4.78, 5) is 0. The van der Waals surface area contributed by atoms with E-state index >= 15 is 0 Å². The second-order valence-corrected chi connectivity index (χ2v) is 4.48. The van der Waals surface area contributed by atoms with Crippen molar-refractivity contribution in [3.63, 3.8) is 0 Å². The van der Waals surface area contributed by atoms with E-state index in [0.29, 0.717) is 25.9 Å². The molecule has 1 aliphatic heterocycles. The van der Waals surface area contributed by atoms with Crippen molar-refractivity contribution in [1.29, 1.82) is 0 Å². The van der Waals surface area contributed by atoms with E-state index in [9.17, 15) is 0 Å². The lowest BCUT2D eigenvalue weighted by Gasteiger charge is -2.21. The first-order chi connectivity index (χ1) is 7.72. The number of rotatable bonds is 3. The van der Waals surface area contributed by atoms with Gasteiger partial charge >= 0.3 is 0 Å². The molecule has 1 aliphatic rings. The van der Waals surface area contributed by atoms with Gasteiger partial charge in [0.15, 0.2) is 6.79 Å². The normalized spacial score (nSPS) is 16.4. The van der Waals surface area contributed by atoms with Crippen molar-refractivity contribution in [3.8, 4) is 5.75 Å². The Morgan fingerprint density at radius 3 is 3.06 bits per heavy atom. The van der Waals surface area contributed by atoms with Crippen LogP contribution in [0.2, 0.25) is 5.02 Å². The molecule has 0 fully saturated rings. The molecule has 16 heavy (non-hydrogen) atoms. The van der Waals surface area contributed by atoms with E-state index in [1.165, 1.54) is 0 Å². The highest BCUT2D eigenvalue weighted by molar-refractivity contribution is 6.31. The number of halogens is 1. The van der Waals surface area contributed by atoms with Crippen LogP contribution >= 0.6 is 11.6 Å². The fourth-order valence-electron chi connectivity index (χ4n) is 1.90. The van der Waals surface area contributed by atoms with Crippen LogP contribution in [0.1, 0.15) is 30.4 Å². The van der Waals surface area contributed by atoms with Crippen LogP contribution in [0.5, 0.6) is 5.75 Å². The Hall–Kier alpha value is -0.770. The Bertz CT molecular complexity index is 382. The number of hydrogen-bond acceptors (Lipinski definition) is 3. The highest BCUT2D eigenvalue weighted by Gasteiger charge is 2.16. The second-order valence-electron chi connectivity index (χ2n) is 4.07. The van der Waals surface area contributed by atoms with Gasteiger partial charge in [-0.1, -0.05) is 18.5 Å². The quantitative estimate of drug-likeness (QED) is 0.885. The van der Waals surface area contributed by atoms with Crippen molar-refractivity contribution < 1.29 is 9.47 Å². The molecule has 0 spiro atoms.